The Bertz CT molecular complexity index is 662. The summed E-state index contributed by atoms with van der Waals surface area (Å²) in [6.07, 6.45) is 4.60. The third-order valence-electron chi connectivity index (χ3n) is 4.40. The molecule has 2 amide bonds. The van der Waals surface area contributed by atoms with E-state index in [0.29, 0.717) is 12.7 Å². The molecule has 2 N–H and O–H groups in total. The van der Waals surface area contributed by atoms with E-state index in [9.17, 15) is 18.4 Å². The Morgan fingerprint density at radius 2 is 1.92 bits per heavy atom. The first-order chi connectivity index (χ1) is 12.0. The Balaban J connectivity index is 1.47. The first-order valence-corrected chi connectivity index (χ1v) is 8.33. The number of rotatable bonds is 3. The number of benzene rings is 1. The summed E-state index contributed by atoms with van der Waals surface area (Å²) in [5.41, 5.74) is -0.261. The van der Waals surface area contributed by atoms with Crippen LogP contribution in [0.15, 0.2) is 18.2 Å². The molecule has 25 heavy (non-hydrogen) atoms. The first-order valence-electron chi connectivity index (χ1n) is 8.33. The van der Waals surface area contributed by atoms with Gasteiger partial charge in [0.15, 0.2) is 5.79 Å². The molecule has 0 unspecified atom stereocenters. The summed E-state index contributed by atoms with van der Waals surface area (Å²) in [7, 11) is 0. The highest BCUT2D eigenvalue weighted by Gasteiger charge is 2.42. The van der Waals surface area contributed by atoms with E-state index in [1.807, 2.05) is 0 Å². The molecule has 1 spiro atoms. The third-order valence-corrected chi connectivity index (χ3v) is 4.40. The van der Waals surface area contributed by atoms with Crippen LogP contribution in [0.3, 0.4) is 0 Å². The summed E-state index contributed by atoms with van der Waals surface area (Å²) in [5, 5.41) is 4.55. The number of carbonyl (C=O) groups excluding carboxylic acids is 2. The van der Waals surface area contributed by atoms with Gasteiger partial charge in [0.1, 0.15) is 17.7 Å². The molecule has 0 aromatic heterocycles. The zero-order chi connectivity index (χ0) is 17.9. The minimum Gasteiger partial charge on any atom is -0.347 e. The van der Waals surface area contributed by atoms with Gasteiger partial charge in [0, 0.05) is 25.5 Å². The van der Waals surface area contributed by atoms with Gasteiger partial charge in [-0.2, -0.15) is 0 Å². The van der Waals surface area contributed by atoms with Crippen LogP contribution in [0.5, 0.6) is 0 Å². The number of ether oxygens (including phenoxy) is 2. The fourth-order valence-corrected chi connectivity index (χ4v) is 3.13. The highest BCUT2D eigenvalue weighted by Crippen LogP contribution is 2.37. The Hall–Kier alpha value is -2.06. The number of halogens is 2. The van der Waals surface area contributed by atoms with E-state index in [-0.39, 0.29) is 18.3 Å². The van der Waals surface area contributed by atoms with E-state index < -0.39 is 29.2 Å². The van der Waals surface area contributed by atoms with Gasteiger partial charge in [-0.1, -0.05) is 6.42 Å². The van der Waals surface area contributed by atoms with Gasteiger partial charge < -0.3 is 20.1 Å². The monoisotopic (exact) mass is 354 g/mol. The number of hydrogen-bond donors (Lipinski definition) is 2. The summed E-state index contributed by atoms with van der Waals surface area (Å²) >= 11 is 0. The van der Waals surface area contributed by atoms with Gasteiger partial charge >= 0.3 is 11.8 Å². The van der Waals surface area contributed by atoms with Gasteiger partial charge in [-0.05, 0) is 25.0 Å². The summed E-state index contributed by atoms with van der Waals surface area (Å²) in [6, 6.07) is 2.67. The number of nitrogens with one attached hydrogen (secondary N) is 2. The van der Waals surface area contributed by atoms with Gasteiger partial charge in [0.05, 0.1) is 12.3 Å². The van der Waals surface area contributed by atoms with Crippen LogP contribution in [0.2, 0.25) is 0 Å². The molecule has 136 valence electrons. The molecule has 1 aromatic carbocycles. The van der Waals surface area contributed by atoms with Crippen LogP contribution in [0.1, 0.15) is 32.1 Å². The molecule has 2 aliphatic rings. The molecule has 6 nitrogen and oxygen atoms in total. The predicted octanol–water partition coefficient (Wildman–Crippen LogP) is 2.10. The molecule has 1 aromatic rings. The fraction of sp³-hybridized carbons (Fsp3) is 0.529. The molecular weight excluding hydrogens is 334 g/mol. The van der Waals surface area contributed by atoms with Crippen molar-refractivity contribution >= 4 is 17.5 Å². The van der Waals surface area contributed by atoms with Gasteiger partial charge in [0.2, 0.25) is 0 Å². The van der Waals surface area contributed by atoms with Crippen LogP contribution in [-0.2, 0) is 19.1 Å². The molecule has 0 radical (unpaired) electrons. The zero-order valence-corrected chi connectivity index (χ0v) is 13.6. The van der Waals surface area contributed by atoms with E-state index >= 15 is 0 Å². The van der Waals surface area contributed by atoms with Crippen molar-refractivity contribution in [3.05, 3.63) is 29.8 Å². The number of anilines is 1. The number of hydrogen-bond acceptors (Lipinski definition) is 4. The fourth-order valence-electron chi connectivity index (χ4n) is 3.13. The molecule has 3 rings (SSSR count). The van der Waals surface area contributed by atoms with Gasteiger partial charge in [-0.25, -0.2) is 8.78 Å². The smallest absolute Gasteiger partial charge is 0.313 e. The van der Waals surface area contributed by atoms with Crippen molar-refractivity contribution in [1.29, 1.82) is 0 Å². The average molecular weight is 354 g/mol. The lowest BCUT2D eigenvalue weighted by molar-refractivity contribution is -0.186. The lowest BCUT2D eigenvalue weighted by Gasteiger charge is -2.31. The third kappa shape index (κ3) is 4.32. The van der Waals surface area contributed by atoms with Crippen LogP contribution < -0.4 is 10.6 Å². The maximum atomic E-state index is 13.5. The SMILES string of the molecule is O=C(NC[C@H]1COC2(CCCCC2)O1)C(=O)Nc1ccc(F)cc1F. The quantitative estimate of drug-likeness (QED) is 0.815. The maximum Gasteiger partial charge on any atom is 0.313 e. The molecule has 8 heteroatoms. The van der Waals surface area contributed by atoms with Crippen molar-refractivity contribution < 1.29 is 27.8 Å². The second kappa shape index (κ2) is 7.45. The molecular formula is C17H20F2N2O4. The van der Waals surface area contributed by atoms with Crippen molar-refractivity contribution in [1.82, 2.24) is 5.32 Å². The second-order valence-electron chi connectivity index (χ2n) is 6.31. The minimum atomic E-state index is -1.03. The summed E-state index contributed by atoms with van der Waals surface area (Å²) in [4.78, 5) is 23.6. The first kappa shape index (κ1) is 17.8. The Morgan fingerprint density at radius 3 is 2.64 bits per heavy atom. The standard InChI is InChI=1S/C17H20F2N2O4/c18-11-4-5-14(13(19)8-11)21-16(23)15(22)20-9-12-10-24-17(25-12)6-2-1-3-7-17/h4-5,8,12H,1-3,6-7,9-10H2,(H,20,22)(H,21,23)/t12-/m0/s1. The second-order valence-corrected chi connectivity index (χ2v) is 6.31. The van der Waals surface area contributed by atoms with Crippen LogP contribution in [0, 0.1) is 11.6 Å². The molecule has 1 heterocycles. The summed E-state index contributed by atoms with van der Waals surface area (Å²) in [5.74, 6) is -4.22. The van der Waals surface area contributed by atoms with Crippen molar-refractivity contribution in [2.45, 2.75) is 44.0 Å². The highest BCUT2D eigenvalue weighted by molar-refractivity contribution is 6.39. The molecule has 1 aliphatic heterocycles. The lowest BCUT2D eigenvalue weighted by Crippen LogP contribution is -2.41. The zero-order valence-electron chi connectivity index (χ0n) is 13.6. The van der Waals surface area contributed by atoms with Crippen LogP contribution in [-0.4, -0.2) is 36.9 Å². The minimum absolute atomic E-state index is 0.125. The van der Waals surface area contributed by atoms with Crippen molar-refractivity contribution in [3.63, 3.8) is 0 Å². The highest BCUT2D eigenvalue weighted by atomic mass is 19.1. The summed E-state index contributed by atoms with van der Waals surface area (Å²) in [6.45, 7) is 0.481. The molecule has 1 atom stereocenters. The summed E-state index contributed by atoms with van der Waals surface area (Å²) < 4.78 is 38.0. The van der Waals surface area contributed by atoms with E-state index in [1.165, 1.54) is 0 Å². The Labute approximate surface area is 143 Å². The predicted molar refractivity (Wildman–Crippen MR) is 84.6 cm³/mol. The lowest BCUT2D eigenvalue weighted by atomic mass is 9.94. The Kier molecular flexibility index (Phi) is 5.29. The molecule has 1 saturated carbocycles. The van der Waals surface area contributed by atoms with Crippen LogP contribution >= 0.6 is 0 Å². The van der Waals surface area contributed by atoms with E-state index in [2.05, 4.69) is 10.6 Å². The largest absolute Gasteiger partial charge is 0.347 e. The van der Waals surface area contributed by atoms with Crippen LogP contribution in [0.4, 0.5) is 14.5 Å². The molecule has 0 bridgehead atoms. The van der Waals surface area contributed by atoms with Gasteiger partial charge in [-0.15, -0.1) is 0 Å². The van der Waals surface area contributed by atoms with Gasteiger partial charge in [-0.3, -0.25) is 9.59 Å². The molecule has 1 aliphatic carbocycles. The normalized spacial score (nSPS) is 21.9. The van der Waals surface area contributed by atoms with Crippen LogP contribution in [0.25, 0.3) is 0 Å². The van der Waals surface area contributed by atoms with Gasteiger partial charge in [0.25, 0.3) is 0 Å². The van der Waals surface area contributed by atoms with Crippen molar-refractivity contribution in [2.24, 2.45) is 0 Å². The maximum absolute atomic E-state index is 13.5. The van der Waals surface area contributed by atoms with E-state index in [4.69, 9.17) is 9.47 Å². The number of carbonyl (C=O) groups is 2. The Morgan fingerprint density at radius 1 is 1.16 bits per heavy atom. The van der Waals surface area contributed by atoms with E-state index in [0.717, 1.165) is 44.2 Å². The number of amides is 2. The molecule has 1 saturated heterocycles. The average Bonchev–Trinajstić information content (AvgIpc) is 2.98. The van der Waals surface area contributed by atoms with E-state index in [1.54, 1.807) is 0 Å². The molecule has 2 fully saturated rings. The van der Waals surface area contributed by atoms with Crippen molar-refractivity contribution in [3.8, 4) is 0 Å². The topological polar surface area (TPSA) is 76.7 Å². The van der Waals surface area contributed by atoms with Crippen molar-refractivity contribution in [2.75, 3.05) is 18.5 Å².